The van der Waals surface area contributed by atoms with Crippen LogP contribution >= 0.6 is 0 Å². The molecule has 0 amide bonds. The van der Waals surface area contributed by atoms with Crippen molar-refractivity contribution < 1.29 is 5.11 Å². The summed E-state index contributed by atoms with van der Waals surface area (Å²) in [5.74, 6) is 1.23. The zero-order valence-corrected chi connectivity index (χ0v) is 16.1. The SMILES string of the molecule is CCC12CC3CC(c4ccc(C)cc4)(C1)CC(c1ccc(O)cc1)(C3)C2. The normalized spacial score (nSPS) is 37.8. The number of phenolic OH excluding ortho intramolecular Hbond substituents is 1. The summed E-state index contributed by atoms with van der Waals surface area (Å²) in [6.45, 7) is 4.61. The molecule has 136 valence electrons. The van der Waals surface area contributed by atoms with Crippen LogP contribution in [0.15, 0.2) is 48.5 Å². The fourth-order valence-corrected chi connectivity index (χ4v) is 7.40. The van der Waals surface area contributed by atoms with Crippen molar-refractivity contribution in [2.24, 2.45) is 11.3 Å². The molecule has 0 aromatic heterocycles. The van der Waals surface area contributed by atoms with E-state index in [1.807, 2.05) is 12.1 Å². The zero-order valence-electron chi connectivity index (χ0n) is 16.1. The number of rotatable bonds is 3. The molecule has 0 heterocycles. The lowest BCUT2D eigenvalue weighted by Gasteiger charge is -2.67. The first kappa shape index (κ1) is 16.4. The molecule has 4 bridgehead atoms. The second kappa shape index (κ2) is 5.38. The fourth-order valence-electron chi connectivity index (χ4n) is 7.40. The van der Waals surface area contributed by atoms with Gasteiger partial charge in [-0.2, -0.15) is 0 Å². The standard InChI is InChI=1S/C25H30O/c1-3-23-12-19-13-24(15-23,20-6-4-18(2)5-7-20)17-25(14-19,16-23)21-8-10-22(26)11-9-21/h4-11,19,26H,3,12-17H2,1-2H3. The van der Waals surface area contributed by atoms with E-state index in [9.17, 15) is 5.11 Å². The monoisotopic (exact) mass is 346 g/mol. The molecular weight excluding hydrogens is 316 g/mol. The molecule has 0 aliphatic heterocycles. The van der Waals surface area contributed by atoms with E-state index in [0.29, 0.717) is 22.0 Å². The largest absolute Gasteiger partial charge is 0.508 e. The molecule has 0 radical (unpaired) electrons. The predicted molar refractivity (Wildman–Crippen MR) is 107 cm³/mol. The highest BCUT2D eigenvalue weighted by Crippen LogP contribution is 2.71. The highest BCUT2D eigenvalue weighted by molar-refractivity contribution is 5.40. The zero-order chi connectivity index (χ0) is 18.0. The van der Waals surface area contributed by atoms with Gasteiger partial charge in [-0.3, -0.25) is 0 Å². The third-order valence-electron chi connectivity index (χ3n) is 8.08. The molecule has 4 fully saturated rings. The third-order valence-corrected chi connectivity index (χ3v) is 8.08. The lowest BCUT2D eigenvalue weighted by Crippen LogP contribution is -2.60. The fraction of sp³-hybridized carbons (Fsp3) is 0.520. The van der Waals surface area contributed by atoms with Crippen LogP contribution in [-0.4, -0.2) is 5.11 Å². The van der Waals surface area contributed by atoms with E-state index in [1.54, 1.807) is 5.56 Å². The minimum absolute atomic E-state index is 0.300. The Morgan fingerprint density at radius 3 is 1.88 bits per heavy atom. The van der Waals surface area contributed by atoms with Gasteiger partial charge in [0.05, 0.1) is 0 Å². The van der Waals surface area contributed by atoms with Crippen LogP contribution in [0.2, 0.25) is 0 Å². The average molecular weight is 347 g/mol. The average Bonchev–Trinajstić information content (AvgIpc) is 2.61. The van der Waals surface area contributed by atoms with Gasteiger partial charge < -0.3 is 5.11 Å². The van der Waals surface area contributed by atoms with Crippen molar-refractivity contribution in [3.63, 3.8) is 0 Å². The van der Waals surface area contributed by atoms with E-state index >= 15 is 0 Å². The van der Waals surface area contributed by atoms with Crippen molar-refractivity contribution in [1.29, 1.82) is 0 Å². The summed E-state index contributed by atoms with van der Waals surface area (Å²) in [4.78, 5) is 0. The molecule has 2 aromatic carbocycles. The minimum atomic E-state index is 0.300. The molecular formula is C25H30O. The van der Waals surface area contributed by atoms with Gasteiger partial charge in [-0.1, -0.05) is 55.3 Å². The van der Waals surface area contributed by atoms with Gasteiger partial charge in [0.15, 0.2) is 0 Å². The Balaban J connectivity index is 1.64. The summed E-state index contributed by atoms with van der Waals surface area (Å²) in [5, 5.41) is 9.79. The second-order valence-electron chi connectivity index (χ2n) is 9.84. The van der Waals surface area contributed by atoms with Crippen molar-refractivity contribution in [2.75, 3.05) is 0 Å². The van der Waals surface area contributed by atoms with Crippen molar-refractivity contribution in [1.82, 2.24) is 0 Å². The van der Waals surface area contributed by atoms with E-state index in [2.05, 4.69) is 50.2 Å². The summed E-state index contributed by atoms with van der Waals surface area (Å²) in [6, 6.07) is 17.6. The highest BCUT2D eigenvalue weighted by Gasteiger charge is 2.63. The molecule has 1 nitrogen and oxygen atoms in total. The van der Waals surface area contributed by atoms with Gasteiger partial charge in [0.2, 0.25) is 0 Å². The molecule has 4 atom stereocenters. The molecule has 4 unspecified atom stereocenters. The Morgan fingerprint density at radius 1 is 0.808 bits per heavy atom. The maximum atomic E-state index is 9.79. The van der Waals surface area contributed by atoms with Crippen LogP contribution in [0.3, 0.4) is 0 Å². The second-order valence-corrected chi connectivity index (χ2v) is 9.84. The first-order valence-corrected chi connectivity index (χ1v) is 10.3. The molecule has 4 aliphatic rings. The molecule has 26 heavy (non-hydrogen) atoms. The van der Waals surface area contributed by atoms with Gasteiger partial charge in [-0.15, -0.1) is 0 Å². The number of aromatic hydroxyl groups is 1. The predicted octanol–water partition coefficient (Wildman–Crippen LogP) is 6.27. The van der Waals surface area contributed by atoms with Gasteiger partial charge in [0.1, 0.15) is 5.75 Å². The van der Waals surface area contributed by atoms with E-state index in [-0.39, 0.29) is 0 Å². The Bertz CT molecular complexity index is 755. The van der Waals surface area contributed by atoms with Crippen molar-refractivity contribution in [3.05, 3.63) is 65.2 Å². The number of hydrogen-bond donors (Lipinski definition) is 1. The van der Waals surface area contributed by atoms with E-state index in [1.165, 1.54) is 56.1 Å². The van der Waals surface area contributed by atoms with E-state index in [0.717, 1.165) is 5.92 Å². The van der Waals surface area contributed by atoms with Gasteiger partial charge in [-0.05, 0) is 90.9 Å². The van der Waals surface area contributed by atoms with E-state index < -0.39 is 0 Å². The smallest absolute Gasteiger partial charge is 0.115 e. The Labute approximate surface area is 157 Å². The van der Waals surface area contributed by atoms with Crippen LogP contribution in [0.25, 0.3) is 0 Å². The van der Waals surface area contributed by atoms with Crippen molar-refractivity contribution in [3.8, 4) is 5.75 Å². The molecule has 6 rings (SSSR count). The Hall–Kier alpha value is -1.76. The quantitative estimate of drug-likeness (QED) is 0.694. The Morgan fingerprint density at radius 2 is 1.35 bits per heavy atom. The maximum Gasteiger partial charge on any atom is 0.115 e. The van der Waals surface area contributed by atoms with Crippen LogP contribution in [0.5, 0.6) is 5.75 Å². The van der Waals surface area contributed by atoms with Crippen LogP contribution in [0.4, 0.5) is 0 Å². The first-order chi connectivity index (χ1) is 12.5. The lowest BCUT2D eigenvalue weighted by atomic mass is 9.37. The lowest BCUT2D eigenvalue weighted by molar-refractivity contribution is -0.0920. The molecule has 0 saturated heterocycles. The maximum absolute atomic E-state index is 9.79. The summed E-state index contributed by atoms with van der Waals surface area (Å²) in [6.07, 6.45) is 9.44. The summed E-state index contributed by atoms with van der Waals surface area (Å²) in [5.41, 5.74) is 5.55. The van der Waals surface area contributed by atoms with E-state index in [4.69, 9.17) is 0 Å². The Kier molecular flexibility index (Phi) is 3.39. The van der Waals surface area contributed by atoms with Gasteiger partial charge in [0, 0.05) is 0 Å². The topological polar surface area (TPSA) is 20.2 Å². The number of aryl methyl sites for hydroxylation is 1. The molecule has 4 saturated carbocycles. The summed E-state index contributed by atoms with van der Waals surface area (Å²) in [7, 11) is 0. The highest BCUT2D eigenvalue weighted by atomic mass is 16.3. The van der Waals surface area contributed by atoms with Crippen LogP contribution in [0, 0.1) is 18.3 Å². The molecule has 1 heteroatoms. The molecule has 4 aliphatic carbocycles. The van der Waals surface area contributed by atoms with Gasteiger partial charge in [-0.25, -0.2) is 0 Å². The van der Waals surface area contributed by atoms with Crippen molar-refractivity contribution in [2.45, 2.75) is 69.6 Å². The third kappa shape index (κ3) is 2.29. The van der Waals surface area contributed by atoms with Gasteiger partial charge in [0.25, 0.3) is 0 Å². The summed E-state index contributed by atoms with van der Waals surface area (Å²) >= 11 is 0. The van der Waals surface area contributed by atoms with Gasteiger partial charge >= 0.3 is 0 Å². The van der Waals surface area contributed by atoms with Crippen LogP contribution < -0.4 is 0 Å². The molecule has 1 N–H and O–H groups in total. The molecule has 0 spiro atoms. The van der Waals surface area contributed by atoms with Crippen LogP contribution in [-0.2, 0) is 10.8 Å². The first-order valence-electron chi connectivity index (χ1n) is 10.3. The minimum Gasteiger partial charge on any atom is -0.508 e. The summed E-state index contributed by atoms with van der Waals surface area (Å²) < 4.78 is 0. The van der Waals surface area contributed by atoms with Crippen molar-refractivity contribution >= 4 is 0 Å². The molecule has 2 aromatic rings. The number of hydrogen-bond acceptors (Lipinski definition) is 1. The number of phenols is 1. The number of benzene rings is 2. The van der Waals surface area contributed by atoms with Crippen LogP contribution in [0.1, 0.15) is 68.6 Å².